The second-order valence-corrected chi connectivity index (χ2v) is 5.21. The maximum absolute atomic E-state index is 11.4. The molecule has 0 unspecified atom stereocenters. The molecule has 1 aromatic heterocycles. The van der Waals surface area contributed by atoms with Crippen LogP contribution in [0.2, 0.25) is 5.02 Å². The fraction of sp³-hybridized carbons (Fsp3) is 0.0588. The van der Waals surface area contributed by atoms with E-state index in [0.29, 0.717) is 27.6 Å². The molecule has 1 heterocycles. The van der Waals surface area contributed by atoms with Gasteiger partial charge < -0.3 is 14.4 Å². The van der Waals surface area contributed by atoms with E-state index < -0.39 is 5.97 Å². The number of carbonyl (C=O) groups is 1. The van der Waals surface area contributed by atoms with Gasteiger partial charge in [0.05, 0.1) is 12.7 Å². The molecule has 0 spiro atoms. The predicted octanol–water partition coefficient (Wildman–Crippen LogP) is 4.37. The summed E-state index contributed by atoms with van der Waals surface area (Å²) in [6, 6.07) is 14.0. The molecule has 116 valence electrons. The van der Waals surface area contributed by atoms with Gasteiger partial charge in [0.1, 0.15) is 11.4 Å². The Morgan fingerprint density at radius 2 is 1.70 bits per heavy atom. The molecular weight excluding hydrogens is 318 g/mol. The third kappa shape index (κ3) is 2.91. The van der Waals surface area contributed by atoms with Gasteiger partial charge in [-0.25, -0.2) is 4.79 Å². The highest BCUT2D eigenvalue weighted by molar-refractivity contribution is 6.30. The Morgan fingerprint density at radius 3 is 2.26 bits per heavy atom. The Morgan fingerprint density at radius 1 is 1.09 bits per heavy atom. The lowest BCUT2D eigenvalue weighted by Gasteiger charge is -2.05. The molecule has 0 aliphatic rings. The summed E-state index contributed by atoms with van der Waals surface area (Å²) in [6.07, 6.45) is 0. The first kappa shape index (κ1) is 15.1. The quantitative estimate of drug-likeness (QED) is 0.769. The van der Waals surface area contributed by atoms with Crippen LogP contribution < -0.4 is 4.74 Å². The van der Waals surface area contributed by atoms with Crippen LogP contribution in [0, 0.1) is 0 Å². The van der Waals surface area contributed by atoms with Gasteiger partial charge in [0.2, 0.25) is 0 Å². The summed E-state index contributed by atoms with van der Waals surface area (Å²) >= 11 is 5.90. The topological polar surface area (TPSA) is 72.6 Å². The molecule has 0 saturated carbocycles. The lowest BCUT2D eigenvalue weighted by molar-refractivity contribution is 0.0653. The van der Waals surface area contributed by atoms with E-state index in [2.05, 4.69) is 5.16 Å². The third-order valence-electron chi connectivity index (χ3n) is 3.38. The molecule has 0 aliphatic carbocycles. The van der Waals surface area contributed by atoms with Gasteiger partial charge in [0.15, 0.2) is 0 Å². The summed E-state index contributed by atoms with van der Waals surface area (Å²) in [4.78, 5) is 11.4. The average molecular weight is 330 g/mol. The summed E-state index contributed by atoms with van der Waals surface area (Å²) in [5.41, 5.74) is 2.26. The SMILES string of the molecule is COc1ccc(-c2noc(C(=O)O)c2-c2ccc(Cl)cc2)cc1. The lowest BCUT2D eigenvalue weighted by atomic mass is 9.99. The van der Waals surface area contributed by atoms with E-state index in [1.165, 1.54) is 0 Å². The van der Waals surface area contributed by atoms with Crippen LogP contribution in [0.3, 0.4) is 0 Å². The van der Waals surface area contributed by atoms with E-state index in [0.717, 1.165) is 5.56 Å². The fourth-order valence-electron chi connectivity index (χ4n) is 2.27. The Bertz CT molecular complexity index is 838. The molecule has 1 N–H and O–H groups in total. The Hall–Kier alpha value is -2.79. The summed E-state index contributed by atoms with van der Waals surface area (Å²) < 4.78 is 10.2. The van der Waals surface area contributed by atoms with Crippen LogP contribution >= 0.6 is 11.6 Å². The summed E-state index contributed by atoms with van der Waals surface area (Å²) in [5, 5.41) is 13.8. The highest BCUT2D eigenvalue weighted by atomic mass is 35.5. The van der Waals surface area contributed by atoms with Crippen molar-refractivity contribution in [3.8, 4) is 28.1 Å². The van der Waals surface area contributed by atoms with Crippen LogP contribution in [0.4, 0.5) is 0 Å². The number of aromatic carboxylic acids is 1. The first-order valence-electron chi connectivity index (χ1n) is 6.73. The van der Waals surface area contributed by atoms with Crippen molar-refractivity contribution < 1.29 is 19.2 Å². The fourth-order valence-corrected chi connectivity index (χ4v) is 2.39. The molecule has 5 nitrogen and oxygen atoms in total. The summed E-state index contributed by atoms with van der Waals surface area (Å²) in [5.74, 6) is -0.691. The van der Waals surface area contributed by atoms with Crippen LogP contribution in [-0.4, -0.2) is 23.3 Å². The molecular formula is C17H12ClNO4. The van der Waals surface area contributed by atoms with Crippen LogP contribution in [0.15, 0.2) is 53.1 Å². The van der Waals surface area contributed by atoms with Crippen LogP contribution in [0.1, 0.15) is 10.6 Å². The number of methoxy groups -OCH3 is 1. The van der Waals surface area contributed by atoms with Crippen molar-refractivity contribution >= 4 is 17.6 Å². The van der Waals surface area contributed by atoms with Gasteiger partial charge in [-0.2, -0.15) is 0 Å². The van der Waals surface area contributed by atoms with Crippen molar-refractivity contribution in [1.29, 1.82) is 0 Å². The van der Waals surface area contributed by atoms with Crippen molar-refractivity contribution in [2.75, 3.05) is 7.11 Å². The molecule has 0 fully saturated rings. The molecule has 3 aromatic rings. The van der Waals surface area contributed by atoms with Gasteiger partial charge in [0.25, 0.3) is 5.76 Å². The van der Waals surface area contributed by atoms with Gasteiger partial charge in [-0.1, -0.05) is 28.9 Å². The van der Waals surface area contributed by atoms with Gasteiger partial charge in [-0.15, -0.1) is 0 Å². The first-order valence-corrected chi connectivity index (χ1v) is 7.11. The zero-order chi connectivity index (χ0) is 16.4. The summed E-state index contributed by atoms with van der Waals surface area (Å²) in [7, 11) is 1.58. The summed E-state index contributed by atoms with van der Waals surface area (Å²) in [6.45, 7) is 0. The molecule has 0 atom stereocenters. The van der Waals surface area contributed by atoms with Crippen molar-refractivity contribution in [3.63, 3.8) is 0 Å². The molecule has 0 saturated heterocycles. The normalized spacial score (nSPS) is 10.5. The van der Waals surface area contributed by atoms with E-state index in [1.54, 1.807) is 55.6 Å². The van der Waals surface area contributed by atoms with E-state index in [1.807, 2.05) is 0 Å². The predicted molar refractivity (Wildman–Crippen MR) is 85.9 cm³/mol. The van der Waals surface area contributed by atoms with Crippen LogP contribution in [0.5, 0.6) is 5.75 Å². The largest absolute Gasteiger partial charge is 0.497 e. The minimum atomic E-state index is -1.18. The Balaban J connectivity index is 2.17. The number of nitrogens with zero attached hydrogens (tertiary/aromatic N) is 1. The highest BCUT2D eigenvalue weighted by Gasteiger charge is 2.24. The number of hydrogen-bond acceptors (Lipinski definition) is 4. The number of benzene rings is 2. The molecule has 23 heavy (non-hydrogen) atoms. The minimum Gasteiger partial charge on any atom is -0.497 e. The lowest BCUT2D eigenvalue weighted by Crippen LogP contribution is -1.96. The maximum Gasteiger partial charge on any atom is 0.375 e. The van der Waals surface area contributed by atoms with E-state index in [4.69, 9.17) is 20.9 Å². The number of aromatic nitrogens is 1. The second kappa shape index (κ2) is 6.14. The molecule has 0 aliphatic heterocycles. The molecule has 0 bridgehead atoms. The van der Waals surface area contributed by atoms with Crippen molar-refractivity contribution in [2.45, 2.75) is 0 Å². The van der Waals surface area contributed by atoms with E-state index in [9.17, 15) is 9.90 Å². The van der Waals surface area contributed by atoms with Crippen molar-refractivity contribution in [3.05, 3.63) is 59.3 Å². The standard InChI is InChI=1S/C17H12ClNO4/c1-22-13-8-4-11(5-9-13)15-14(16(17(20)21)23-19-15)10-2-6-12(18)7-3-10/h2-9H,1H3,(H,20,21). The highest BCUT2D eigenvalue weighted by Crippen LogP contribution is 2.35. The smallest absolute Gasteiger partial charge is 0.375 e. The Labute approximate surface area is 137 Å². The molecule has 3 rings (SSSR count). The molecule has 0 amide bonds. The van der Waals surface area contributed by atoms with E-state index in [-0.39, 0.29) is 5.76 Å². The molecule has 0 radical (unpaired) electrons. The van der Waals surface area contributed by atoms with Gasteiger partial charge in [-0.05, 0) is 42.0 Å². The number of rotatable bonds is 4. The monoisotopic (exact) mass is 329 g/mol. The number of halogens is 1. The molecule has 6 heteroatoms. The van der Waals surface area contributed by atoms with E-state index >= 15 is 0 Å². The van der Waals surface area contributed by atoms with Crippen LogP contribution in [0.25, 0.3) is 22.4 Å². The first-order chi connectivity index (χ1) is 11.1. The number of carboxylic acid groups (broad SMARTS) is 1. The Kier molecular flexibility index (Phi) is 4.04. The van der Waals surface area contributed by atoms with Gasteiger partial charge >= 0.3 is 5.97 Å². The molecule has 2 aromatic carbocycles. The number of carboxylic acids is 1. The zero-order valence-electron chi connectivity index (χ0n) is 12.1. The number of hydrogen-bond donors (Lipinski definition) is 1. The van der Waals surface area contributed by atoms with Gasteiger partial charge in [0, 0.05) is 10.6 Å². The maximum atomic E-state index is 11.4. The van der Waals surface area contributed by atoms with Crippen molar-refractivity contribution in [2.24, 2.45) is 0 Å². The van der Waals surface area contributed by atoms with Crippen LogP contribution in [-0.2, 0) is 0 Å². The second-order valence-electron chi connectivity index (χ2n) is 4.78. The number of ether oxygens (including phenoxy) is 1. The van der Waals surface area contributed by atoms with Gasteiger partial charge in [-0.3, -0.25) is 0 Å². The van der Waals surface area contributed by atoms with Crippen molar-refractivity contribution in [1.82, 2.24) is 5.16 Å². The average Bonchev–Trinajstić information content (AvgIpc) is 3.01. The zero-order valence-corrected chi connectivity index (χ0v) is 12.9. The minimum absolute atomic E-state index is 0.210. The third-order valence-corrected chi connectivity index (χ3v) is 3.63.